The summed E-state index contributed by atoms with van der Waals surface area (Å²) in [5.74, 6) is 0.646. The van der Waals surface area contributed by atoms with E-state index in [0.717, 1.165) is 55.7 Å². The van der Waals surface area contributed by atoms with E-state index in [1.807, 2.05) is 29.1 Å². The van der Waals surface area contributed by atoms with E-state index in [2.05, 4.69) is 10.2 Å². The van der Waals surface area contributed by atoms with Gasteiger partial charge in [0.2, 0.25) is 5.91 Å². The first-order valence-corrected chi connectivity index (χ1v) is 11.8. The lowest BCUT2D eigenvalue weighted by molar-refractivity contribution is -0.137. The Morgan fingerprint density at radius 1 is 1.11 bits per heavy atom. The minimum Gasteiger partial charge on any atom is -0.496 e. The number of hydrogen-bond acceptors (Lipinski definition) is 3. The van der Waals surface area contributed by atoms with Gasteiger partial charge in [0.1, 0.15) is 5.75 Å². The van der Waals surface area contributed by atoms with E-state index in [1.54, 1.807) is 19.2 Å². The number of carbonyl (C=O) groups excluding carboxylic acids is 1. The molecule has 5 nitrogen and oxygen atoms in total. The van der Waals surface area contributed by atoms with Crippen LogP contribution in [0.4, 0.5) is 13.2 Å². The summed E-state index contributed by atoms with van der Waals surface area (Å²) in [5.41, 5.74) is 1.97. The van der Waals surface area contributed by atoms with Gasteiger partial charge in [0.25, 0.3) is 0 Å². The van der Waals surface area contributed by atoms with Crippen molar-refractivity contribution in [2.75, 3.05) is 20.2 Å². The Morgan fingerprint density at radius 2 is 1.83 bits per heavy atom. The summed E-state index contributed by atoms with van der Waals surface area (Å²) in [4.78, 5) is 15.0. The van der Waals surface area contributed by atoms with Crippen molar-refractivity contribution >= 4 is 17.5 Å². The van der Waals surface area contributed by atoms with Crippen molar-refractivity contribution in [3.05, 3.63) is 82.6 Å². The number of methoxy groups -OCH3 is 1. The van der Waals surface area contributed by atoms with Crippen LogP contribution in [0.15, 0.2) is 60.9 Å². The lowest BCUT2D eigenvalue weighted by Crippen LogP contribution is -2.40. The minimum absolute atomic E-state index is 0.0371. The first-order chi connectivity index (χ1) is 16.7. The molecule has 0 unspecified atom stereocenters. The summed E-state index contributed by atoms with van der Waals surface area (Å²) in [5, 5.41) is 3.59. The fourth-order valence-electron chi connectivity index (χ4n) is 4.32. The normalized spacial score (nSPS) is 15.2. The number of amides is 1. The van der Waals surface area contributed by atoms with E-state index in [-0.39, 0.29) is 11.8 Å². The highest BCUT2D eigenvalue weighted by atomic mass is 35.5. The van der Waals surface area contributed by atoms with Gasteiger partial charge in [-0.15, -0.1) is 0 Å². The fraction of sp³-hybridized carbons (Fsp3) is 0.346. The number of aromatic nitrogens is 1. The van der Waals surface area contributed by atoms with Crippen LogP contribution in [0.3, 0.4) is 0 Å². The molecule has 0 spiro atoms. The van der Waals surface area contributed by atoms with Crippen LogP contribution in [0.1, 0.15) is 29.5 Å². The van der Waals surface area contributed by atoms with Crippen LogP contribution in [-0.2, 0) is 24.1 Å². The van der Waals surface area contributed by atoms with Crippen molar-refractivity contribution in [3.63, 3.8) is 0 Å². The number of hydrogen-bond donors (Lipinski definition) is 1. The van der Waals surface area contributed by atoms with Crippen molar-refractivity contribution in [2.45, 2.75) is 32.1 Å². The van der Waals surface area contributed by atoms with Gasteiger partial charge in [0.05, 0.1) is 12.7 Å². The van der Waals surface area contributed by atoms with Crippen LogP contribution < -0.4 is 10.1 Å². The van der Waals surface area contributed by atoms with Crippen LogP contribution in [-0.4, -0.2) is 35.6 Å². The molecular formula is C26H27ClF3N3O2. The molecule has 1 aromatic heterocycles. The molecule has 1 fully saturated rings. The van der Waals surface area contributed by atoms with Crippen LogP contribution in [0.2, 0.25) is 5.02 Å². The van der Waals surface area contributed by atoms with E-state index in [4.69, 9.17) is 16.3 Å². The maximum atomic E-state index is 12.8. The average Bonchev–Trinajstić information content (AvgIpc) is 3.31. The van der Waals surface area contributed by atoms with Gasteiger partial charge in [-0.25, -0.2) is 0 Å². The third-order valence-corrected chi connectivity index (χ3v) is 6.55. The van der Waals surface area contributed by atoms with Gasteiger partial charge in [0.15, 0.2) is 0 Å². The topological polar surface area (TPSA) is 46.5 Å². The Balaban J connectivity index is 1.26. The molecule has 1 N–H and O–H groups in total. The molecule has 1 aliphatic heterocycles. The second-order valence-corrected chi connectivity index (χ2v) is 9.13. The Kier molecular flexibility index (Phi) is 7.72. The van der Waals surface area contributed by atoms with Crippen LogP contribution in [0, 0.1) is 5.92 Å². The first kappa shape index (κ1) is 25.1. The zero-order valence-corrected chi connectivity index (χ0v) is 20.1. The number of carbonyl (C=O) groups is 1. The van der Waals surface area contributed by atoms with Gasteiger partial charge in [-0.2, -0.15) is 13.2 Å². The molecule has 2 aromatic carbocycles. The zero-order valence-electron chi connectivity index (χ0n) is 19.3. The second-order valence-electron chi connectivity index (χ2n) is 8.70. The Morgan fingerprint density at radius 3 is 2.49 bits per heavy atom. The van der Waals surface area contributed by atoms with Gasteiger partial charge >= 0.3 is 6.18 Å². The van der Waals surface area contributed by atoms with Gasteiger partial charge in [0, 0.05) is 47.7 Å². The molecular weight excluding hydrogens is 479 g/mol. The van der Waals surface area contributed by atoms with Gasteiger partial charge in [-0.05, 0) is 74.0 Å². The van der Waals surface area contributed by atoms with E-state index >= 15 is 0 Å². The van der Waals surface area contributed by atoms with Crippen molar-refractivity contribution in [2.24, 2.45) is 5.92 Å². The third-order valence-electron chi connectivity index (χ3n) is 6.31. The largest absolute Gasteiger partial charge is 0.496 e. The van der Waals surface area contributed by atoms with Gasteiger partial charge in [-0.3, -0.25) is 9.69 Å². The van der Waals surface area contributed by atoms with Crippen molar-refractivity contribution < 1.29 is 22.7 Å². The molecule has 35 heavy (non-hydrogen) atoms. The summed E-state index contributed by atoms with van der Waals surface area (Å²) in [6.45, 7) is 2.71. The molecule has 4 rings (SSSR count). The minimum atomic E-state index is -4.34. The average molecular weight is 506 g/mol. The first-order valence-electron chi connectivity index (χ1n) is 11.4. The smallest absolute Gasteiger partial charge is 0.416 e. The van der Waals surface area contributed by atoms with Crippen LogP contribution in [0.25, 0.3) is 5.69 Å². The molecule has 0 radical (unpaired) electrons. The standard InChI is InChI=1S/C26H27ClF3N3O2/c1-35-24-14-22(27)5-2-20(24)15-31-25(34)19-9-11-32(12-10-19)16-18-8-13-33(17-18)23-6-3-21(4-7-23)26(28,29)30/h2-8,13-14,17,19H,9-12,15-16H2,1H3,(H,31,34). The molecule has 1 aliphatic rings. The van der Waals surface area contributed by atoms with E-state index in [9.17, 15) is 18.0 Å². The SMILES string of the molecule is COc1cc(Cl)ccc1CNC(=O)C1CCN(Cc2ccn(-c3ccc(C(F)(F)F)cc3)c2)CC1. The maximum Gasteiger partial charge on any atom is 0.416 e. The molecule has 186 valence electrons. The number of rotatable bonds is 7. The quantitative estimate of drug-likeness (QED) is 0.449. The zero-order chi connectivity index (χ0) is 25.0. The van der Waals surface area contributed by atoms with Crippen LogP contribution >= 0.6 is 11.6 Å². The van der Waals surface area contributed by atoms with Gasteiger partial charge < -0.3 is 14.6 Å². The summed E-state index contributed by atoms with van der Waals surface area (Å²) in [7, 11) is 1.57. The molecule has 1 saturated heterocycles. The highest BCUT2D eigenvalue weighted by Crippen LogP contribution is 2.30. The van der Waals surface area contributed by atoms with Crippen molar-refractivity contribution in [1.82, 2.24) is 14.8 Å². The lowest BCUT2D eigenvalue weighted by atomic mass is 9.95. The molecule has 0 saturated carbocycles. The van der Waals surface area contributed by atoms with E-state index in [0.29, 0.717) is 23.0 Å². The highest BCUT2D eigenvalue weighted by Gasteiger charge is 2.30. The predicted octanol–water partition coefficient (Wildman–Crippen LogP) is 5.69. The highest BCUT2D eigenvalue weighted by molar-refractivity contribution is 6.30. The molecule has 3 aromatic rings. The maximum absolute atomic E-state index is 12.8. The summed E-state index contributed by atoms with van der Waals surface area (Å²) in [6, 6.07) is 12.4. The molecule has 1 amide bonds. The molecule has 9 heteroatoms. The summed E-state index contributed by atoms with van der Waals surface area (Å²) < 4.78 is 45.5. The molecule has 0 aliphatic carbocycles. The number of nitrogens with one attached hydrogen (secondary N) is 1. The fourth-order valence-corrected chi connectivity index (χ4v) is 4.48. The molecule has 0 atom stereocenters. The Hall–Kier alpha value is -2.97. The van der Waals surface area contributed by atoms with Crippen molar-refractivity contribution in [3.8, 4) is 11.4 Å². The number of halogens is 4. The Labute approximate surface area is 207 Å². The molecule has 0 bridgehead atoms. The number of ether oxygens (including phenoxy) is 1. The second kappa shape index (κ2) is 10.7. The Bertz CT molecular complexity index is 1150. The number of likely N-dealkylation sites (tertiary alicyclic amines) is 1. The third kappa shape index (κ3) is 6.38. The van der Waals surface area contributed by atoms with E-state index in [1.165, 1.54) is 12.1 Å². The molecule has 2 heterocycles. The summed E-state index contributed by atoms with van der Waals surface area (Å²) >= 11 is 5.99. The number of benzene rings is 2. The number of nitrogens with zero attached hydrogens (tertiary/aromatic N) is 2. The number of alkyl halides is 3. The monoisotopic (exact) mass is 505 g/mol. The summed E-state index contributed by atoms with van der Waals surface area (Å²) in [6.07, 6.45) is 0.975. The lowest BCUT2D eigenvalue weighted by Gasteiger charge is -2.31. The van der Waals surface area contributed by atoms with Crippen molar-refractivity contribution in [1.29, 1.82) is 0 Å². The number of piperidine rings is 1. The predicted molar refractivity (Wildman–Crippen MR) is 129 cm³/mol. The van der Waals surface area contributed by atoms with Crippen LogP contribution in [0.5, 0.6) is 5.75 Å². The van der Waals surface area contributed by atoms with E-state index < -0.39 is 11.7 Å². The van der Waals surface area contributed by atoms with Gasteiger partial charge in [-0.1, -0.05) is 17.7 Å².